The average molecular weight is 242 g/mol. The Morgan fingerprint density at radius 3 is 2.65 bits per heavy atom. The summed E-state index contributed by atoms with van der Waals surface area (Å²) < 4.78 is 11.1. The SMILES string of the molecule is CCC1COCCN1C(C)(CN)C1CCOC1. The van der Waals surface area contributed by atoms with E-state index in [0.29, 0.717) is 18.5 Å². The summed E-state index contributed by atoms with van der Waals surface area (Å²) in [5, 5.41) is 0. The molecule has 0 aromatic carbocycles. The van der Waals surface area contributed by atoms with Crippen molar-refractivity contribution in [1.29, 1.82) is 0 Å². The molecule has 2 heterocycles. The smallest absolute Gasteiger partial charge is 0.0622 e. The van der Waals surface area contributed by atoms with Gasteiger partial charge < -0.3 is 15.2 Å². The van der Waals surface area contributed by atoms with Crippen LogP contribution in [-0.2, 0) is 9.47 Å². The number of morpholine rings is 1. The highest BCUT2D eigenvalue weighted by atomic mass is 16.5. The summed E-state index contributed by atoms with van der Waals surface area (Å²) >= 11 is 0. The quantitative estimate of drug-likeness (QED) is 0.794. The van der Waals surface area contributed by atoms with Crippen LogP contribution in [0.25, 0.3) is 0 Å². The van der Waals surface area contributed by atoms with E-state index in [4.69, 9.17) is 15.2 Å². The predicted molar refractivity (Wildman–Crippen MR) is 68.0 cm³/mol. The van der Waals surface area contributed by atoms with E-state index in [1.54, 1.807) is 0 Å². The second kappa shape index (κ2) is 5.65. The molecule has 0 spiro atoms. The fraction of sp³-hybridized carbons (Fsp3) is 1.00. The van der Waals surface area contributed by atoms with Crippen molar-refractivity contribution in [3.05, 3.63) is 0 Å². The van der Waals surface area contributed by atoms with Crippen molar-refractivity contribution in [2.24, 2.45) is 11.7 Å². The van der Waals surface area contributed by atoms with Gasteiger partial charge in [0.1, 0.15) is 0 Å². The molecule has 0 aromatic rings. The van der Waals surface area contributed by atoms with E-state index in [0.717, 1.165) is 45.8 Å². The van der Waals surface area contributed by atoms with Gasteiger partial charge in [-0.05, 0) is 19.8 Å². The molecule has 0 bridgehead atoms. The zero-order chi connectivity index (χ0) is 12.3. The lowest BCUT2D eigenvalue weighted by atomic mass is 9.81. The van der Waals surface area contributed by atoms with Gasteiger partial charge in [-0.2, -0.15) is 0 Å². The highest BCUT2D eigenvalue weighted by Crippen LogP contribution is 2.33. The first-order valence-corrected chi connectivity index (χ1v) is 6.84. The third-order valence-electron chi connectivity index (χ3n) is 4.58. The Hall–Kier alpha value is -0.160. The van der Waals surface area contributed by atoms with Gasteiger partial charge in [0.15, 0.2) is 0 Å². The molecule has 0 radical (unpaired) electrons. The normalized spacial score (nSPS) is 34.8. The molecule has 0 aromatic heterocycles. The van der Waals surface area contributed by atoms with Crippen molar-refractivity contribution >= 4 is 0 Å². The van der Waals surface area contributed by atoms with Gasteiger partial charge in [-0.1, -0.05) is 6.92 Å². The third-order valence-corrected chi connectivity index (χ3v) is 4.58. The first kappa shape index (κ1) is 13.3. The van der Waals surface area contributed by atoms with Gasteiger partial charge in [0.2, 0.25) is 0 Å². The zero-order valence-corrected chi connectivity index (χ0v) is 11.2. The van der Waals surface area contributed by atoms with Crippen molar-refractivity contribution in [1.82, 2.24) is 4.90 Å². The monoisotopic (exact) mass is 242 g/mol. The van der Waals surface area contributed by atoms with Gasteiger partial charge >= 0.3 is 0 Å². The Bertz CT molecular complexity index is 244. The minimum Gasteiger partial charge on any atom is -0.381 e. The molecular formula is C13H26N2O2. The summed E-state index contributed by atoms with van der Waals surface area (Å²) in [5.41, 5.74) is 6.17. The number of nitrogens with zero attached hydrogens (tertiary/aromatic N) is 1. The van der Waals surface area contributed by atoms with Crippen molar-refractivity contribution in [3.8, 4) is 0 Å². The lowest BCUT2D eigenvalue weighted by Crippen LogP contribution is -2.63. The maximum atomic E-state index is 6.10. The first-order chi connectivity index (χ1) is 8.22. The molecule has 0 saturated carbocycles. The minimum atomic E-state index is 0.0704. The Labute approximate surface area is 104 Å². The van der Waals surface area contributed by atoms with E-state index in [2.05, 4.69) is 18.7 Å². The van der Waals surface area contributed by atoms with Crippen LogP contribution in [-0.4, -0.2) is 56.0 Å². The lowest BCUT2D eigenvalue weighted by molar-refractivity contribution is -0.0778. The largest absolute Gasteiger partial charge is 0.381 e. The van der Waals surface area contributed by atoms with Crippen LogP contribution >= 0.6 is 0 Å². The summed E-state index contributed by atoms with van der Waals surface area (Å²) in [4.78, 5) is 2.58. The Morgan fingerprint density at radius 1 is 1.29 bits per heavy atom. The molecular weight excluding hydrogens is 216 g/mol. The summed E-state index contributed by atoms with van der Waals surface area (Å²) in [6.45, 7) is 9.68. The van der Waals surface area contributed by atoms with E-state index >= 15 is 0 Å². The van der Waals surface area contributed by atoms with Crippen molar-refractivity contribution in [2.75, 3.05) is 39.5 Å². The van der Waals surface area contributed by atoms with Crippen LogP contribution in [0.2, 0.25) is 0 Å². The molecule has 0 amide bonds. The van der Waals surface area contributed by atoms with Gasteiger partial charge in [0.25, 0.3) is 0 Å². The molecule has 3 atom stereocenters. The van der Waals surface area contributed by atoms with Crippen LogP contribution in [0, 0.1) is 5.92 Å². The van der Waals surface area contributed by atoms with Gasteiger partial charge in [0.05, 0.1) is 19.8 Å². The number of nitrogens with two attached hydrogens (primary N) is 1. The van der Waals surface area contributed by atoms with E-state index < -0.39 is 0 Å². The van der Waals surface area contributed by atoms with Crippen LogP contribution in [0.4, 0.5) is 0 Å². The number of ether oxygens (including phenoxy) is 2. The fourth-order valence-electron chi connectivity index (χ4n) is 3.21. The highest BCUT2D eigenvalue weighted by Gasteiger charge is 2.43. The molecule has 17 heavy (non-hydrogen) atoms. The zero-order valence-electron chi connectivity index (χ0n) is 11.2. The molecule has 2 aliphatic rings. The minimum absolute atomic E-state index is 0.0704. The molecule has 2 rings (SSSR count). The van der Waals surface area contributed by atoms with Gasteiger partial charge in [-0.15, -0.1) is 0 Å². The maximum Gasteiger partial charge on any atom is 0.0622 e. The topological polar surface area (TPSA) is 47.7 Å². The fourth-order valence-corrected chi connectivity index (χ4v) is 3.21. The van der Waals surface area contributed by atoms with Crippen molar-refractivity contribution < 1.29 is 9.47 Å². The first-order valence-electron chi connectivity index (χ1n) is 6.84. The number of rotatable bonds is 4. The summed E-state index contributed by atoms with van der Waals surface area (Å²) in [5.74, 6) is 0.569. The Balaban J connectivity index is 2.13. The molecule has 100 valence electrons. The lowest BCUT2D eigenvalue weighted by Gasteiger charge is -2.50. The van der Waals surface area contributed by atoms with E-state index in [-0.39, 0.29) is 5.54 Å². The van der Waals surface area contributed by atoms with Crippen LogP contribution in [0.3, 0.4) is 0 Å². The van der Waals surface area contributed by atoms with Crippen LogP contribution < -0.4 is 5.73 Å². The Morgan fingerprint density at radius 2 is 2.06 bits per heavy atom. The summed E-state index contributed by atoms with van der Waals surface area (Å²) in [6, 6.07) is 0.512. The standard InChI is InChI=1S/C13H26N2O2/c1-3-12-9-17-7-5-15(12)13(2,10-14)11-4-6-16-8-11/h11-12H,3-10,14H2,1-2H3. The second-order valence-electron chi connectivity index (χ2n) is 5.45. The highest BCUT2D eigenvalue weighted by molar-refractivity contribution is 4.98. The molecule has 2 aliphatic heterocycles. The van der Waals surface area contributed by atoms with Gasteiger partial charge in [-0.25, -0.2) is 0 Å². The molecule has 4 nitrogen and oxygen atoms in total. The third kappa shape index (κ3) is 2.50. The Kier molecular flexibility index (Phi) is 4.42. The molecule has 0 aliphatic carbocycles. The molecule has 3 unspecified atom stereocenters. The van der Waals surface area contributed by atoms with Gasteiger partial charge in [-0.3, -0.25) is 4.90 Å². The van der Waals surface area contributed by atoms with Crippen LogP contribution in [0.15, 0.2) is 0 Å². The van der Waals surface area contributed by atoms with E-state index in [1.807, 2.05) is 0 Å². The number of hydrogen-bond acceptors (Lipinski definition) is 4. The van der Waals surface area contributed by atoms with Crippen LogP contribution in [0.1, 0.15) is 26.7 Å². The van der Waals surface area contributed by atoms with E-state index in [9.17, 15) is 0 Å². The van der Waals surface area contributed by atoms with Crippen molar-refractivity contribution in [3.63, 3.8) is 0 Å². The predicted octanol–water partition coefficient (Wildman–Crippen LogP) is 0.851. The van der Waals surface area contributed by atoms with E-state index in [1.165, 1.54) is 0 Å². The molecule has 2 saturated heterocycles. The summed E-state index contributed by atoms with van der Waals surface area (Å²) in [6.07, 6.45) is 2.27. The van der Waals surface area contributed by atoms with Crippen molar-refractivity contribution in [2.45, 2.75) is 38.3 Å². The molecule has 2 N–H and O–H groups in total. The number of hydrogen-bond donors (Lipinski definition) is 1. The molecule has 2 fully saturated rings. The molecule has 4 heteroatoms. The van der Waals surface area contributed by atoms with Crippen LogP contribution in [0.5, 0.6) is 0 Å². The van der Waals surface area contributed by atoms with Gasteiger partial charge in [0, 0.05) is 37.2 Å². The second-order valence-corrected chi connectivity index (χ2v) is 5.45. The summed E-state index contributed by atoms with van der Waals surface area (Å²) in [7, 11) is 0. The maximum absolute atomic E-state index is 6.10. The average Bonchev–Trinajstić information content (AvgIpc) is 2.92.